The van der Waals surface area contributed by atoms with E-state index in [4.69, 9.17) is 0 Å². The van der Waals surface area contributed by atoms with Gasteiger partial charge in [0.2, 0.25) is 0 Å². The molecule has 1 aliphatic carbocycles. The molecule has 2 unspecified atom stereocenters. The fourth-order valence-electron chi connectivity index (χ4n) is 3.88. The van der Waals surface area contributed by atoms with E-state index in [0.29, 0.717) is 10.8 Å². The van der Waals surface area contributed by atoms with Crippen LogP contribution in [0.2, 0.25) is 0 Å². The summed E-state index contributed by atoms with van der Waals surface area (Å²) < 4.78 is 0. The lowest BCUT2D eigenvalue weighted by Crippen LogP contribution is -2.44. The molecule has 0 aromatic heterocycles. The third-order valence-electron chi connectivity index (χ3n) is 5.00. The van der Waals surface area contributed by atoms with Crippen molar-refractivity contribution in [1.82, 2.24) is 0 Å². The monoisotopic (exact) mass is 196 g/mol. The van der Waals surface area contributed by atoms with Gasteiger partial charge in [0.05, 0.1) is 0 Å². The highest BCUT2D eigenvalue weighted by molar-refractivity contribution is 4.96. The quantitative estimate of drug-likeness (QED) is 0.590. The van der Waals surface area contributed by atoms with Crippen LogP contribution in [0.15, 0.2) is 0 Å². The molecule has 0 aromatic carbocycles. The van der Waals surface area contributed by atoms with Crippen LogP contribution < -0.4 is 0 Å². The average Bonchev–Trinajstić information content (AvgIpc) is 2.02. The van der Waals surface area contributed by atoms with E-state index in [1.54, 1.807) is 0 Å². The Kier molecular flexibility index (Phi) is 3.33. The maximum atomic E-state index is 2.52. The van der Waals surface area contributed by atoms with Crippen molar-refractivity contribution in [2.45, 2.75) is 67.2 Å². The zero-order valence-electron chi connectivity index (χ0n) is 11.0. The second-order valence-corrected chi connectivity index (χ2v) is 6.46. The molecular weight excluding hydrogens is 168 g/mol. The van der Waals surface area contributed by atoms with Crippen LogP contribution in [0.1, 0.15) is 67.2 Å². The number of hydrogen-bond donors (Lipinski definition) is 0. The molecular formula is C14H28. The van der Waals surface area contributed by atoms with E-state index in [1.165, 1.54) is 25.7 Å². The molecule has 0 heteroatoms. The van der Waals surface area contributed by atoms with Gasteiger partial charge in [-0.1, -0.05) is 54.4 Å². The highest BCUT2D eigenvalue weighted by Crippen LogP contribution is 2.55. The van der Waals surface area contributed by atoms with Gasteiger partial charge >= 0.3 is 0 Å². The van der Waals surface area contributed by atoms with Gasteiger partial charge in [-0.15, -0.1) is 0 Å². The Morgan fingerprint density at radius 2 is 1.71 bits per heavy atom. The van der Waals surface area contributed by atoms with Crippen molar-refractivity contribution >= 4 is 0 Å². The van der Waals surface area contributed by atoms with Gasteiger partial charge in [-0.25, -0.2) is 0 Å². The minimum atomic E-state index is 0.562. The fourth-order valence-corrected chi connectivity index (χ4v) is 3.88. The van der Waals surface area contributed by atoms with Crippen LogP contribution in [-0.2, 0) is 0 Å². The second-order valence-electron chi connectivity index (χ2n) is 6.46. The number of hydrogen-bond acceptors (Lipinski definition) is 0. The molecule has 1 aliphatic rings. The first-order valence-corrected chi connectivity index (χ1v) is 6.34. The van der Waals surface area contributed by atoms with E-state index in [2.05, 4.69) is 41.5 Å². The predicted octanol–water partition coefficient (Wildman–Crippen LogP) is 4.89. The van der Waals surface area contributed by atoms with Crippen molar-refractivity contribution in [1.29, 1.82) is 0 Å². The Morgan fingerprint density at radius 3 is 2.07 bits per heavy atom. The van der Waals surface area contributed by atoms with Gasteiger partial charge < -0.3 is 0 Å². The fraction of sp³-hybridized carbons (Fsp3) is 1.00. The molecule has 0 spiro atoms. The molecule has 1 fully saturated rings. The Balaban J connectivity index is 2.95. The summed E-state index contributed by atoms with van der Waals surface area (Å²) in [5.74, 6) is 1.73. The largest absolute Gasteiger partial charge is 0.0651 e. The first-order valence-electron chi connectivity index (χ1n) is 6.34. The average molecular weight is 196 g/mol. The zero-order valence-corrected chi connectivity index (χ0v) is 11.0. The van der Waals surface area contributed by atoms with Crippen molar-refractivity contribution in [3.05, 3.63) is 0 Å². The van der Waals surface area contributed by atoms with Crippen LogP contribution in [0.4, 0.5) is 0 Å². The van der Waals surface area contributed by atoms with Gasteiger partial charge in [-0.2, -0.15) is 0 Å². The Labute approximate surface area is 90.5 Å². The van der Waals surface area contributed by atoms with Crippen molar-refractivity contribution in [3.8, 4) is 0 Å². The SMILES string of the molecule is CCC1C(C)(C)CCCC1(C)C(C)C. The van der Waals surface area contributed by atoms with E-state index in [9.17, 15) is 0 Å². The zero-order chi connectivity index (χ0) is 11.0. The van der Waals surface area contributed by atoms with E-state index in [-0.39, 0.29) is 0 Å². The highest BCUT2D eigenvalue weighted by Gasteiger charge is 2.46. The summed E-state index contributed by atoms with van der Waals surface area (Å²) in [4.78, 5) is 0. The van der Waals surface area contributed by atoms with Crippen LogP contribution in [0.25, 0.3) is 0 Å². The molecule has 14 heavy (non-hydrogen) atoms. The summed E-state index contributed by atoms with van der Waals surface area (Å²) in [5.41, 5.74) is 1.14. The smallest absolute Gasteiger partial charge is 0.0269 e. The van der Waals surface area contributed by atoms with Crippen LogP contribution >= 0.6 is 0 Å². The van der Waals surface area contributed by atoms with Crippen molar-refractivity contribution < 1.29 is 0 Å². The maximum Gasteiger partial charge on any atom is -0.0269 e. The summed E-state index contributed by atoms with van der Waals surface area (Å²) in [5, 5.41) is 0. The number of rotatable bonds is 2. The van der Waals surface area contributed by atoms with Gasteiger partial charge in [0.25, 0.3) is 0 Å². The van der Waals surface area contributed by atoms with Crippen molar-refractivity contribution in [2.24, 2.45) is 22.7 Å². The van der Waals surface area contributed by atoms with Gasteiger partial charge in [0, 0.05) is 0 Å². The van der Waals surface area contributed by atoms with Crippen LogP contribution in [0.5, 0.6) is 0 Å². The molecule has 0 radical (unpaired) electrons. The van der Waals surface area contributed by atoms with E-state index in [0.717, 1.165) is 11.8 Å². The molecule has 0 heterocycles. The van der Waals surface area contributed by atoms with Crippen molar-refractivity contribution in [2.75, 3.05) is 0 Å². The Hall–Kier alpha value is 0. The summed E-state index contributed by atoms with van der Waals surface area (Å²) >= 11 is 0. The lowest BCUT2D eigenvalue weighted by Gasteiger charge is -2.53. The third-order valence-corrected chi connectivity index (χ3v) is 5.00. The van der Waals surface area contributed by atoms with Crippen LogP contribution in [0, 0.1) is 22.7 Å². The first kappa shape index (κ1) is 12.1. The minimum absolute atomic E-state index is 0.562. The normalized spacial score (nSPS) is 37.5. The predicted molar refractivity (Wildman–Crippen MR) is 64.4 cm³/mol. The second kappa shape index (κ2) is 3.87. The lowest BCUT2D eigenvalue weighted by molar-refractivity contribution is -0.0333. The topological polar surface area (TPSA) is 0 Å². The van der Waals surface area contributed by atoms with Gasteiger partial charge in [0.1, 0.15) is 0 Å². The summed E-state index contributed by atoms with van der Waals surface area (Å²) in [6.45, 7) is 14.7. The Morgan fingerprint density at radius 1 is 1.14 bits per heavy atom. The van der Waals surface area contributed by atoms with E-state index >= 15 is 0 Å². The summed E-state index contributed by atoms with van der Waals surface area (Å²) in [6, 6.07) is 0. The first-order chi connectivity index (χ1) is 6.34. The highest BCUT2D eigenvalue weighted by atomic mass is 14.5. The molecule has 84 valence electrons. The standard InChI is InChI=1S/C14H28/c1-7-12-13(4,5)9-8-10-14(12,6)11(2)3/h11-12H,7-10H2,1-6H3. The molecule has 0 bridgehead atoms. The molecule has 0 aliphatic heterocycles. The molecule has 0 saturated heterocycles. The third kappa shape index (κ3) is 1.85. The van der Waals surface area contributed by atoms with Crippen LogP contribution in [-0.4, -0.2) is 0 Å². The van der Waals surface area contributed by atoms with E-state index < -0.39 is 0 Å². The lowest BCUT2D eigenvalue weighted by atomic mass is 9.52. The van der Waals surface area contributed by atoms with Gasteiger partial charge in [0.15, 0.2) is 0 Å². The van der Waals surface area contributed by atoms with Gasteiger partial charge in [-0.3, -0.25) is 0 Å². The van der Waals surface area contributed by atoms with E-state index in [1.807, 2.05) is 0 Å². The molecule has 0 aromatic rings. The molecule has 1 saturated carbocycles. The Bertz CT molecular complexity index is 190. The summed E-state index contributed by atoms with van der Waals surface area (Å²) in [6.07, 6.45) is 5.64. The van der Waals surface area contributed by atoms with Crippen LogP contribution in [0.3, 0.4) is 0 Å². The molecule has 1 rings (SSSR count). The summed E-state index contributed by atoms with van der Waals surface area (Å²) in [7, 11) is 0. The molecule has 0 nitrogen and oxygen atoms in total. The van der Waals surface area contributed by atoms with Crippen molar-refractivity contribution in [3.63, 3.8) is 0 Å². The molecule has 0 amide bonds. The minimum Gasteiger partial charge on any atom is -0.0651 e. The maximum absolute atomic E-state index is 2.52. The van der Waals surface area contributed by atoms with Gasteiger partial charge in [-0.05, 0) is 35.5 Å². The molecule has 2 atom stereocenters. The molecule has 0 N–H and O–H groups in total.